The molecule has 0 aliphatic carbocycles. The van der Waals surface area contributed by atoms with Crippen LogP contribution < -0.4 is 4.74 Å². The number of halogens is 1. The summed E-state index contributed by atoms with van der Waals surface area (Å²) in [6.45, 7) is 8.97. The summed E-state index contributed by atoms with van der Waals surface area (Å²) in [6.07, 6.45) is 2.60. The molecule has 0 aliphatic heterocycles. The van der Waals surface area contributed by atoms with Gasteiger partial charge in [-0.3, -0.25) is 4.79 Å². The van der Waals surface area contributed by atoms with E-state index in [2.05, 4.69) is 28.6 Å². The van der Waals surface area contributed by atoms with E-state index in [-0.39, 0.29) is 12.5 Å². The summed E-state index contributed by atoms with van der Waals surface area (Å²) in [6, 6.07) is 11.3. The summed E-state index contributed by atoms with van der Waals surface area (Å²) in [7, 11) is 0. The van der Waals surface area contributed by atoms with Crippen LogP contribution in [0.5, 0.6) is 5.75 Å². The van der Waals surface area contributed by atoms with Crippen LogP contribution in [0.4, 0.5) is 0 Å². The molecule has 178 valence electrons. The first kappa shape index (κ1) is 23.8. The molecule has 0 amide bonds. The molecule has 0 spiro atoms. The quantitative estimate of drug-likeness (QED) is 0.294. The highest BCUT2D eigenvalue weighted by Crippen LogP contribution is 2.34. The fourth-order valence-corrected chi connectivity index (χ4v) is 4.25. The molecule has 2 aromatic heterocycles. The number of nitrogens with zero attached hydrogens (tertiary/aromatic N) is 3. The van der Waals surface area contributed by atoms with Crippen molar-refractivity contribution >= 4 is 28.5 Å². The molecule has 1 N–H and O–H groups in total. The molecule has 0 fully saturated rings. The molecule has 0 radical (unpaired) electrons. The average molecular weight is 482 g/mol. The highest BCUT2D eigenvalue weighted by molar-refractivity contribution is 6.32. The van der Waals surface area contributed by atoms with Crippen molar-refractivity contribution in [3.8, 4) is 28.6 Å². The second-order valence-corrected chi connectivity index (χ2v) is 9.44. The molecule has 0 bridgehead atoms. The van der Waals surface area contributed by atoms with Gasteiger partial charge in [-0.1, -0.05) is 42.7 Å². The van der Waals surface area contributed by atoms with E-state index in [0.29, 0.717) is 40.4 Å². The van der Waals surface area contributed by atoms with Gasteiger partial charge in [-0.2, -0.15) is 4.98 Å². The minimum absolute atomic E-state index is 0.0151. The van der Waals surface area contributed by atoms with Crippen molar-refractivity contribution in [2.24, 2.45) is 5.92 Å². The third-order valence-electron chi connectivity index (χ3n) is 5.36. The lowest BCUT2D eigenvalue weighted by atomic mass is 10.1. The molecule has 0 saturated carbocycles. The van der Waals surface area contributed by atoms with E-state index in [1.165, 1.54) is 0 Å². The third kappa shape index (κ3) is 5.09. The topological polar surface area (TPSA) is 90.4 Å². The van der Waals surface area contributed by atoms with Gasteiger partial charge in [0.15, 0.2) is 0 Å². The van der Waals surface area contributed by atoms with Crippen molar-refractivity contribution < 1.29 is 19.2 Å². The van der Waals surface area contributed by atoms with Gasteiger partial charge in [0.2, 0.25) is 5.82 Å². The molecule has 2 aromatic carbocycles. The molecule has 0 unspecified atom stereocenters. The first-order chi connectivity index (χ1) is 16.2. The highest BCUT2D eigenvalue weighted by Gasteiger charge is 2.19. The van der Waals surface area contributed by atoms with Gasteiger partial charge >= 0.3 is 5.97 Å². The number of hydrogen-bond acceptors (Lipinski definition) is 5. The number of fused-ring (bicyclic) bond motifs is 1. The number of benzene rings is 2. The van der Waals surface area contributed by atoms with Gasteiger partial charge in [-0.15, -0.1) is 0 Å². The fourth-order valence-electron chi connectivity index (χ4n) is 4.03. The minimum Gasteiger partial charge on any atom is -0.489 e. The van der Waals surface area contributed by atoms with Crippen LogP contribution in [-0.4, -0.2) is 31.9 Å². The predicted octanol–water partition coefficient (Wildman–Crippen LogP) is 6.47. The zero-order valence-corrected chi connectivity index (χ0v) is 20.5. The Kier molecular flexibility index (Phi) is 6.93. The smallest absolute Gasteiger partial charge is 0.303 e. The lowest BCUT2D eigenvalue weighted by Crippen LogP contribution is -2.05. The molecular weight excluding hydrogens is 454 g/mol. The summed E-state index contributed by atoms with van der Waals surface area (Å²) in [5, 5.41) is 14.9. The summed E-state index contributed by atoms with van der Waals surface area (Å²) in [5.41, 5.74) is 3.51. The first-order valence-corrected chi connectivity index (χ1v) is 11.7. The van der Waals surface area contributed by atoms with Crippen LogP contribution in [0.1, 0.15) is 39.7 Å². The normalized spacial score (nSPS) is 11.6. The maximum atomic E-state index is 11.2. The number of ether oxygens (including phenoxy) is 1. The lowest BCUT2D eigenvalue weighted by molar-refractivity contribution is -0.136. The van der Waals surface area contributed by atoms with Crippen LogP contribution in [-0.2, 0) is 17.8 Å². The number of aromatic nitrogens is 3. The maximum Gasteiger partial charge on any atom is 0.303 e. The van der Waals surface area contributed by atoms with E-state index in [9.17, 15) is 4.79 Å². The maximum absolute atomic E-state index is 11.2. The molecule has 8 heteroatoms. The van der Waals surface area contributed by atoms with Gasteiger partial charge in [0, 0.05) is 35.7 Å². The van der Waals surface area contributed by atoms with Crippen molar-refractivity contribution in [1.29, 1.82) is 0 Å². The molecule has 7 nitrogen and oxygen atoms in total. The van der Waals surface area contributed by atoms with Crippen molar-refractivity contribution in [3.05, 3.63) is 53.2 Å². The monoisotopic (exact) mass is 481 g/mol. The highest BCUT2D eigenvalue weighted by atomic mass is 35.5. The molecule has 2 heterocycles. The van der Waals surface area contributed by atoms with E-state index in [0.717, 1.165) is 28.6 Å². The van der Waals surface area contributed by atoms with Crippen LogP contribution in [0.15, 0.2) is 47.1 Å². The zero-order chi connectivity index (χ0) is 24.4. The van der Waals surface area contributed by atoms with Crippen molar-refractivity contribution in [1.82, 2.24) is 14.7 Å². The fraction of sp³-hybridized carbons (Fsp3) is 0.346. The van der Waals surface area contributed by atoms with Crippen molar-refractivity contribution in [2.75, 3.05) is 0 Å². The number of carboxylic acid groups (broad SMARTS) is 1. The Balaban J connectivity index is 1.75. The summed E-state index contributed by atoms with van der Waals surface area (Å²) >= 11 is 6.39. The Morgan fingerprint density at radius 3 is 2.68 bits per heavy atom. The third-order valence-corrected chi connectivity index (χ3v) is 5.65. The van der Waals surface area contributed by atoms with Gasteiger partial charge in [-0.25, -0.2) is 0 Å². The zero-order valence-electron chi connectivity index (χ0n) is 19.7. The Morgan fingerprint density at radius 2 is 2.00 bits per heavy atom. The summed E-state index contributed by atoms with van der Waals surface area (Å²) in [5.74, 6) is 1.02. The number of hydrogen-bond donors (Lipinski definition) is 1. The van der Waals surface area contributed by atoms with Gasteiger partial charge in [-0.05, 0) is 56.0 Å². The van der Waals surface area contributed by atoms with Crippen molar-refractivity contribution in [3.63, 3.8) is 0 Å². The van der Waals surface area contributed by atoms with Crippen LogP contribution in [0.25, 0.3) is 33.7 Å². The van der Waals surface area contributed by atoms with Gasteiger partial charge in [0.05, 0.1) is 16.6 Å². The molecular formula is C26H28ClN3O4. The van der Waals surface area contributed by atoms with Crippen LogP contribution >= 0.6 is 11.6 Å². The Bertz CT molecular complexity index is 1320. The number of para-hydroxylation sites is 1. The average Bonchev–Trinajstić information content (AvgIpc) is 3.38. The second-order valence-electron chi connectivity index (χ2n) is 9.03. The van der Waals surface area contributed by atoms with E-state index in [1.807, 2.05) is 44.3 Å². The Hall–Kier alpha value is -3.32. The van der Waals surface area contributed by atoms with E-state index in [4.69, 9.17) is 26.0 Å². The number of aryl methyl sites for hydroxylation is 1. The van der Waals surface area contributed by atoms with Gasteiger partial charge in [0.25, 0.3) is 5.89 Å². The first-order valence-electron chi connectivity index (χ1n) is 11.4. The number of rotatable bonds is 9. The van der Waals surface area contributed by atoms with Crippen LogP contribution in [0.3, 0.4) is 0 Å². The van der Waals surface area contributed by atoms with Gasteiger partial charge < -0.3 is 18.9 Å². The Morgan fingerprint density at radius 1 is 1.21 bits per heavy atom. The number of aliphatic carboxylic acids is 1. The summed E-state index contributed by atoms with van der Waals surface area (Å²) in [4.78, 5) is 15.8. The number of carbonyl (C=O) groups is 1. The van der Waals surface area contributed by atoms with Crippen molar-refractivity contribution in [2.45, 2.75) is 53.2 Å². The number of carboxylic acids is 1. The molecule has 4 aromatic rings. The van der Waals surface area contributed by atoms with Crippen LogP contribution in [0, 0.1) is 5.92 Å². The van der Waals surface area contributed by atoms with E-state index in [1.54, 1.807) is 12.1 Å². The molecule has 0 atom stereocenters. The SMILES string of the molecule is CC(C)Cn1cc(CCC(=O)O)c2cccc(-c3noc(-c4ccc(OC(C)C)c(Cl)c4)n3)c21. The summed E-state index contributed by atoms with van der Waals surface area (Å²) < 4.78 is 13.5. The predicted molar refractivity (Wildman–Crippen MR) is 132 cm³/mol. The molecule has 4 rings (SSSR count). The standard InChI is InChI=1S/C26H28ClN3O4/c1-15(2)13-30-14-18(9-11-23(31)32)19-6-5-7-20(24(19)30)25-28-26(34-29-25)17-8-10-22(21(27)12-17)33-16(3)4/h5-8,10,12,14-16H,9,11,13H2,1-4H3,(H,31,32). The minimum atomic E-state index is -0.813. The lowest BCUT2D eigenvalue weighted by Gasteiger charge is -2.11. The second kappa shape index (κ2) is 9.89. The Labute approximate surface area is 203 Å². The van der Waals surface area contributed by atoms with E-state index < -0.39 is 5.97 Å². The molecule has 34 heavy (non-hydrogen) atoms. The largest absolute Gasteiger partial charge is 0.489 e. The van der Waals surface area contributed by atoms with E-state index >= 15 is 0 Å². The van der Waals surface area contributed by atoms with Crippen LogP contribution in [0.2, 0.25) is 5.02 Å². The molecule has 0 aliphatic rings. The molecule has 0 saturated heterocycles. The van der Waals surface area contributed by atoms with Gasteiger partial charge in [0.1, 0.15) is 5.75 Å².